The van der Waals surface area contributed by atoms with Crippen LogP contribution in [-0.2, 0) is 19.9 Å². The third kappa shape index (κ3) is 7.28. The second-order valence-electron chi connectivity index (χ2n) is 8.33. The molecule has 166 valence electrons. The van der Waals surface area contributed by atoms with E-state index in [-0.39, 0.29) is 6.67 Å². The number of rotatable bonds is 8. The zero-order chi connectivity index (χ0) is 21.9. The molecule has 2 N–H and O–H groups in total. The minimum atomic E-state index is -0.326. The van der Waals surface area contributed by atoms with E-state index in [9.17, 15) is 9.50 Å². The number of hydrogen-bond donors (Lipinski definition) is 2. The van der Waals surface area contributed by atoms with Crippen LogP contribution in [0.1, 0.15) is 62.8 Å². The van der Waals surface area contributed by atoms with Crippen LogP contribution in [0.25, 0.3) is 0 Å². The predicted molar refractivity (Wildman–Crippen MR) is 123 cm³/mol. The lowest BCUT2D eigenvalue weighted by molar-refractivity contribution is 0.354. The molecule has 0 spiro atoms. The summed E-state index contributed by atoms with van der Waals surface area (Å²) in [6.45, 7) is 7.26. The summed E-state index contributed by atoms with van der Waals surface area (Å²) in [6.07, 6.45) is 12.5. The van der Waals surface area contributed by atoms with E-state index in [4.69, 9.17) is 0 Å². The molecule has 0 amide bonds. The monoisotopic (exact) mass is 415 g/mol. The summed E-state index contributed by atoms with van der Waals surface area (Å²) >= 11 is 0. The van der Waals surface area contributed by atoms with Gasteiger partial charge in [0.1, 0.15) is 12.4 Å². The molecule has 0 bridgehead atoms. The Bertz CT molecular complexity index is 780. The molecule has 30 heavy (non-hydrogen) atoms. The molecule has 1 aliphatic carbocycles. The van der Waals surface area contributed by atoms with Crippen LogP contribution in [0, 0.1) is 5.92 Å². The summed E-state index contributed by atoms with van der Waals surface area (Å²) in [5, 5.41) is 13.6. The van der Waals surface area contributed by atoms with Crippen molar-refractivity contribution in [1.29, 1.82) is 0 Å². The summed E-state index contributed by atoms with van der Waals surface area (Å²) in [5.74, 6) is 1.48. The first-order valence-corrected chi connectivity index (χ1v) is 11.2. The third-order valence-electron chi connectivity index (χ3n) is 5.84. The molecule has 1 heterocycles. The molecule has 3 unspecified atom stereocenters. The minimum absolute atomic E-state index is 0.326. The Hall–Kier alpha value is -2.14. The highest BCUT2D eigenvalue weighted by Gasteiger charge is 2.30. The molecule has 3 rings (SSSR count). The fourth-order valence-corrected chi connectivity index (χ4v) is 3.92. The number of imidazole rings is 1. The van der Waals surface area contributed by atoms with Crippen LogP contribution in [0.4, 0.5) is 4.39 Å². The maximum Gasteiger partial charge on any atom is 0.115 e. The second kappa shape index (κ2) is 12.5. The standard InChI is InChI=1S/C20H29N3O.C5H9F/c1-4-14(2)11-21-20-8-5-15-9-17(24)6-7-18(15)19(20)10-16-12-23(3)13-22-16;1-2-3-4-5-6/h6-7,9,12-14,19-21,24H,4-5,8,10-11H2,1-3H3;3-4H,2,5H2,1H3/b;4-3+. The molecule has 2 aromatic rings. The lowest BCUT2D eigenvalue weighted by Gasteiger charge is -2.35. The van der Waals surface area contributed by atoms with Crippen molar-refractivity contribution < 1.29 is 9.50 Å². The van der Waals surface area contributed by atoms with Crippen LogP contribution < -0.4 is 5.32 Å². The van der Waals surface area contributed by atoms with Gasteiger partial charge >= 0.3 is 0 Å². The Labute approximate surface area is 181 Å². The number of aryl methyl sites for hydroxylation is 2. The van der Waals surface area contributed by atoms with Gasteiger partial charge in [-0.3, -0.25) is 0 Å². The highest BCUT2D eigenvalue weighted by Crippen LogP contribution is 2.36. The molecule has 5 heteroatoms. The van der Waals surface area contributed by atoms with Crippen molar-refractivity contribution in [2.24, 2.45) is 13.0 Å². The van der Waals surface area contributed by atoms with Crippen LogP contribution in [0.3, 0.4) is 0 Å². The Balaban J connectivity index is 0.000000469. The average molecular weight is 416 g/mol. The van der Waals surface area contributed by atoms with Gasteiger partial charge in [0.25, 0.3) is 0 Å². The first kappa shape index (κ1) is 24.1. The number of allylic oxidation sites excluding steroid dienone is 2. The van der Waals surface area contributed by atoms with Gasteiger partial charge in [0.2, 0.25) is 0 Å². The van der Waals surface area contributed by atoms with Crippen LogP contribution in [0.5, 0.6) is 5.75 Å². The lowest BCUT2D eigenvalue weighted by Crippen LogP contribution is -2.41. The van der Waals surface area contributed by atoms with Crippen molar-refractivity contribution in [3.63, 3.8) is 0 Å². The van der Waals surface area contributed by atoms with Crippen molar-refractivity contribution in [3.05, 3.63) is 59.7 Å². The fraction of sp³-hybridized carbons (Fsp3) is 0.560. The van der Waals surface area contributed by atoms with Gasteiger partial charge in [-0.15, -0.1) is 0 Å². The molecule has 3 atom stereocenters. The van der Waals surface area contributed by atoms with Crippen molar-refractivity contribution in [2.75, 3.05) is 13.2 Å². The van der Waals surface area contributed by atoms with Gasteiger partial charge in [0, 0.05) is 25.2 Å². The molecule has 1 aromatic carbocycles. The first-order valence-electron chi connectivity index (χ1n) is 11.2. The van der Waals surface area contributed by atoms with E-state index in [1.165, 1.54) is 23.6 Å². The Morgan fingerprint density at radius 3 is 2.73 bits per heavy atom. The van der Waals surface area contributed by atoms with Gasteiger partial charge < -0.3 is 15.0 Å². The number of phenols is 1. The Kier molecular flexibility index (Phi) is 10.1. The van der Waals surface area contributed by atoms with Gasteiger partial charge in [-0.2, -0.15) is 0 Å². The number of aromatic nitrogens is 2. The summed E-state index contributed by atoms with van der Waals surface area (Å²) in [6, 6.07) is 6.33. The molecule has 0 aliphatic heterocycles. The van der Waals surface area contributed by atoms with Gasteiger partial charge in [0.05, 0.1) is 12.0 Å². The van der Waals surface area contributed by atoms with E-state index >= 15 is 0 Å². The maximum atomic E-state index is 11.1. The topological polar surface area (TPSA) is 50.1 Å². The minimum Gasteiger partial charge on any atom is -0.508 e. The number of nitrogens with zero attached hydrogens (tertiary/aromatic N) is 2. The number of aromatic hydroxyl groups is 1. The fourth-order valence-electron chi connectivity index (χ4n) is 3.92. The largest absolute Gasteiger partial charge is 0.508 e. The molecule has 0 saturated heterocycles. The van der Waals surface area contributed by atoms with E-state index in [1.54, 1.807) is 6.08 Å². The number of alkyl halides is 1. The van der Waals surface area contributed by atoms with E-state index < -0.39 is 0 Å². The van der Waals surface area contributed by atoms with Gasteiger partial charge in [-0.1, -0.05) is 45.4 Å². The highest BCUT2D eigenvalue weighted by atomic mass is 19.1. The van der Waals surface area contributed by atoms with Gasteiger partial charge in [-0.25, -0.2) is 9.37 Å². The normalized spacial score (nSPS) is 19.2. The van der Waals surface area contributed by atoms with Crippen molar-refractivity contribution >= 4 is 0 Å². The molecule has 4 nitrogen and oxygen atoms in total. The predicted octanol–water partition coefficient (Wildman–Crippen LogP) is 5.32. The average Bonchev–Trinajstić information content (AvgIpc) is 3.16. The van der Waals surface area contributed by atoms with Gasteiger partial charge in [0.15, 0.2) is 0 Å². The van der Waals surface area contributed by atoms with Crippen LogP contribution in [-0.4, -0.2) is 33.9 Å². The molecule has 1 aromatic heterocycles. The molecule has 0 fully saturated rings. The van der Waals surface area contributed by atoms with E-state index in [2.05, 4.69) is 36.4 Å². The molecule has 0 radical (unpaired) electrons. The lowest BCUT2D eigenvalue weighted by atomic mass is 9.76. The van der Waals surface area contributed by atoms with E-state index in [1.807, 2.05) is 37.0 Å². The zero-order valence-corrected chi connectivity index (χ0v) is 18.9. The Morgan fingerprint density at radius 2 is 2.13 bits per heavy atom. The van der Waals surface area contributed by atoms with Gasteiger partial charge in [-0.05, 0) is 61.4 Å². The van der Waals surface area contributed by atoms with Crippen molar-refractivity contribution in [3.8, 4) is 5.75 Å². The number of fused-ring (bicyclic) bond motifs is 1. The summed E-state index contributed by atoms with van der Waals surface area (Å²) in [5.41, 5.74) is 3.79. The number of hydrogen-bond acceptors (Lipinski definition) is 3. The van der Waals surface area contributed by atoms with Crippen LogP contribution in [0.15, 0.2) is 42.9 Å². The second-order valence-corrected chi connectivity index (χ2v) is 8.33. The number of nitrogens with one attached hydrogen (secondary N) is 1. The molecule has 0 saturated carbocycles. The summed E-state index contributed by atoms with van der Waals surface area (Å²) in [4.78, 5) is 4.53. The summed E-state index contributed by atoms with van der Waals surface area (Å²) in [7, 11) is 2.02. The van der Waals surface area contributed by atoms with Crippen molar-refractivity contribution in [2.45, 2.75) is 64.8 Å². The molecule has 1 aliphatic rings. The SMILES string of the molecule is CC/C=C/CF.CCC(C)CNC1CCc2cc(O)ccc2C1Cc1cn(C)cn1. The van der Waals surface area contributed by atoms with Crippen molar-refractivity contribution in [1.82, 2.24) is 14.9 Å². The number of halogens is 1. The number of benzene rings is 1. The smallest absolute Gasteiger partial charge is 0.115 e. The summed E-state index contributed by atoms with van der Waals surface area (Å²) < 4.78 is 13.1. The quantitative estimate of drug-likeness (QED) is 0.573. The van der Waals surface area contributed by atoms with Crippen LogP contribution >= 0.6 is 0 Å². The van der Waals surface area contributed by atoms with Crippen LogP contribution in [0.2, 0.25) is 0 Å². The third-order valence-corrected chi connectivity index (χ3v) is 5.84. The zero-order valence-electron chi connectivity index (χ0n) is 18.9. The maximum absolute atomic E-state index is 11.1. The van der Waals surface area contributed by atoms with E-state index in [0.29, 0.717) is 23.6 Å². The number of phenolic OH excluding ortho intramolecular Hbond substituents is 1. The molecular weight excluding hydrogens is 377 g/mol. The highest BCUT2D eigenvalue weighted by molar-refractivity contribution is 5.40. The molecular formula is C25H38FN3O. The first-order chi connectivity index (χ1) is 14.5. The van der Waals surface area contributed by atoms with E-state index in [0.717, 1.165) is 37.9 Å². The Morgan fingerprint density at radius 1 is 1.33 bits per heavy atom.